The van der Waals surface area contributed by atoms with Gasteiger partial charge >= 0.3 is 0 Å². The fourth-order valence-electron chi connectivity index (χ4n) is 0.527. The molecule has 0 fully saturated rings. The SMILES string of the molecule is OCc1cnccc1F. The van der Waals surface area contributed by atoms with Crippen LogP contribution in [0.15, 0.2) is 18.5 Å². The van der Waals surface area contributed by atoms with Crippen LogP contribution in [0.2, 0.25) is 0 Å². The fraction of sp³-hybridized carbons (Fsp3) is 0.167. The van der Waals surface area contributed by atoms with Crippen molar-refractivity contribution in [3.63, 3.8) is 0 Å². The van der Waals surface area contributed by atoms with Gasteiger partial charge in [-0.15, -0.1) is 0 Å². The topological polar surface area (TPSA) is 33.1 Å². The van der Waals surface area contributed by atoms with Gasteiger partial charge in [0, 0.05) is 18.0 Å². The van der Waals surface area contributed by atoms with Crippen molar-refractivity contribution in [3.8, 4) is 0 Å². The summed E-state index contributed by atoms with van der Waals surface area (Å²) in [6, 6.07) is 1.21. The maximum absolute atomic E-state index is 12.4. The molecule has 1 heterocycles. The van der Waals surface area contributed by atoms with E-state index in [0.29, 0.717) is 0 Å². The van der Waals surface area contributed by atoms with Gasteiger partial charge in [0.1, 0.15) is 5.82 Å². The van der Waals surface area contributed by atoms with Gasteiger partial charge in [0.2, 0.25) is 0 Å². The smallest absolute Gasteiger partial charge is 0.131 e. The van der Waals surface area contributed by atoms with Gasteiger partial charge in [0.05, 0.1) is 6.61 Å². The van der Waals surface area contributed by atoms with Crippen molar-refractivity contribution >= 4 is 0 Å². The number of hydrogen-bond donors (Lipinski definition) is 1. The van der Waals surface area contributed by atoms with E-state index >= 15 is 0 Å². The molecule has 0 saturated heterocycles. The summed E-state index contributed by atoms with van der Waals surface area (Å²) in [5, 5.41) is 8.44. The first kappa shape index (κ1) is 6.16. The standard InChI is InChI=1S/C6H6FNO/c7-6-1-2-8-3-5(6)4-9/h1-3,9H,4H2. The average molecular weight is 127 g/mol. The van der Waals surface area contributed by atoms with Crippen LogP contribution < -0.4 is 0 Å². The Hall–Kier alpha value is -0.960. The van der Waals surface area contributed by atoms with Crippen molar-refractivity contribution in [2.24, 2.45) is 0 Å². The van der Waals surface area contributed by atoms with Crippen molar-refractivity contribution in [3.05, 3.63) is 29.8 Å². The molecule has 0 radical (unpaired) electrons. The Kier molecular flexibility index (Phi) is 1.75. The highest BCUT2D eigenvalue weighted by molar-refractivity contribution is 5.09. The summed E-state index contributed by atoms with van der Waals surface area (Å²) in [6.07, 6.45) is 2.64. The molecule has 0 unspecified atom stereocenters. The van der Waals surface area contributed by atoms with Crippen molar-refractivity contribution in [1.29, 1.82) is 0 Å². The minimum absolute atomic E-state index is 0.234. The summed E-state index contributed by atoms with van der Waals surface area (Å²) in [5.41, 5.74) is 0.234. The molecule has 0 spiro atoms. The first-order valence-corrected chi connectivity index (χ1v) is 2.54. The number of aromatic nitrogens is 1. The van der Waals surface area contributed by atoms with E-state index in [4.69, 9.17) is 5.11 Å². The molecule has 1 N–H and O–H groups in total. The second-order valence-corrected chi connectivity index (χ2v) is 1.63. The van der Waals surface area contributed by atoms with Gasteiger partial charge in [-0.1, -0.05) is 0 Å². The highest BCUT2D eigenvalue weighted by Crippen LogP contribution is 2.02. The van der Waals surface area contributed by atoms with Crippen LogP contribution >= 0.6 is 0 Å². The van der Waals surface area contributed by atoms with Gasteiger partial charge in [0.25, 0.3) is 0 Å². The van der Waals surface area contributed by atoms with E-state index < -0.39 is 5.82 Å². The van der Waals surface area contributed by atoms with E-state index in [0.717, 1.165) is 0 Å². The Morgan fingerprint density at radius 1 is 1.67 bits per heavy atom. The lowest BCUT2D eigenvalue weighted by Gasteiger charge is -1.93. The van der Waals surface area contributed by atoms with Gasteiger partial charge in [0.15, 0.2) is 0 Å². The molecule has 2 nitrogen and oxygen atoms in total. The highest BCUT2D eigenvalue weighted by Gasteiger charge is 1.96. The summed E-state index contributed by atoms with van der Waals surface area (Å²) in [4.78, 5) is 3.62. The molecule has 1 aromatic heterocycles. The maximum atomic E-state index is 12.4. The zero-order valence-electron chi connectivity index (χ0n) is 4.71. The Bertz CT molecular complexity index is 202. The third-order valence-corrected chi connectivity index (χ3v) is 1.01. The first-order valence-electron chi connectivity index (χ1n) is 2.54. The average Bonchev–Trinajstić information content (AvgIpc) is 1.89. The summed E-state index contributed by atoms with van der Waals surface area (Å²) < 4.78 is 12.4. The number of pyridine rings is 1. The number of hydrogen-bond acceptors (Lipinski definition) is 2. The maximum Gasteiger partial charge on any atom is 0.131 e. The fourth-order valence-corrected chi connectivity index (χ4v) is 0.527. The van der Waals surface area contributed by atoms with Gasteiger partial charge in [-0.05, 0) is 6.07 Å². The lowest BCUT2D eigenvalue weighted by molar-refractivity contribution is 0.275. The number of halogens is 1. The van der Waals surface area contributed by atoms with Crippen molar-refractivity contribution in [1.82, 2.24) is 4.98 Å². The molecule has 9 heavy (non-hydrogen) atoms. The molecule has 0 aliphatic rings. The van der Waals surface area contributed by atoms with Crippen LogP contribution in [-0.4, -0.2) is 10.1 Å². The molecular weight excluding hydrogens is 121 g/mol. The number of aliphatic hydroxyl groups is 1. The van der Waals surface area contributed by atoms with E-state index in [1.807, 2.05) is 0 Å². The van der Waals surface area contributed by atoms with Gasteiger partial charge in [-0.3, -0.25) is 4.98 Å². The van der Waals surface area contributed by atoms with E-state index in [9.17, 15) is 4.39 Å². The quantitative estimate of drug-likeness (QED) is 0.602. The second-order valence-electron chi connectivity index (χ2n) is 1.63. The lowest BCUT2D eigenvalue weighted by atomic mass is 10.3. The van der Waals surface area contributed by atoms with E-state index in [1.165, 1.54) is 18.5 Å². The minimum atomic E-state index is -0.410. The Morgan fingerprint density at radius 2 is 2.44 bits per heavy atom. The van der Waals surface area contributed by atoms with Crippen LogP contribution in [-0.2, 0) is 6.61 Å². The molecule has 0 saturated carbocycles. The summed E-state index contributed by atoms with van der Waals surface area (Å²) in [6.45, 7) is -0.292. The second kappa shape index (κ2) is 2.55. The van der Waals surface area contributed by atoms with Crippen LogP contribution in [0.3, 0.4) is 0 Å². The molecule has 0 aliphatic heterocycles. The largest absolute Gasteiger partial charge is 0.392 e. The first-order chi connectivity index (χ1) is 4.34. The Labute approximate surface area is 52.0 Å². The zero-order chi connectivity index (χ0) is 6.69. The predicted molar refractivity (Wildman–Crippen MR) is 30.1 cm³/mol. The normalized spacial score (nSPS) is 9.56. The summed E-state index contributed by atoms with van der Waals surface area (Å²) in [5.74, 6) is -0.410. The third-order valence-electron chi connectivity index (χ3n) is 1.01. The van der Waals surface area contributed by atoms with E-state index in [2.05, 4.69) is 4.98 Å². The van der Waals surface area contributed by atoms with E-state index in [-0.39, 0.29) is 12.2 Å². The van der Waals surface area contributed by atoms with Crippen molar-refractivity contribution in [2.45, 2.75) is 6.61 Å². The molecule has 0 bridgehead atoms. The predicted octanol–water partition coefficient (Wildman–Crippen LogP) is 0.713. The minimum Gasteiger partial charge on any atom is -0.392 e. The molecular formula is C6H6FNO. The summed E-state index contributed by atoms with van der Waals surface area (Å²) in [7, 11) is 0. The van der Waals surface area contributed by atoms with Crippen LogP contribution in [0, 0.1) is 5.82 Å². The van der Waals surface area contributed by atoms with E-state index in [1.54, 1.807) is 0 Å². The molecule has 48 valence electrons. The molecule has 0 aliphatic carbocycles. The molecule has 0 aromatic carbocycles. The van der Waals surface area contributed by atoms with Gasteiger partial charge in [-0.25, -0.2) is 4.39 Å². The number of nitrogens with zero attached hydrogens (tertiary/aromatic N) is 1. The zero-order valence-corrected chi connectivity index (χ0v) is 4.71. The lowest BCUT2D eigenvalue weighted by Crippen LogP contribution is -1.88. The Morgan fingerprint density at radius 3 is 2.89 bits per heavy atom. The monoisotopic (exact) mass is 127 g/mol. The molecule has 0 atom stereocenters. The van der Waals surface area contributed by atoms with Crippen molar-refractivity contribution < 1.29 is 9.50 Å². The highest BCUT2D eigenvalue weighted by atomic mass is 19.1. The molecule has 3 heteroatoms. The van der Waals surface area contributed by atoms with Crippen LogP contribution in [0.4, 0.5) is 4.39 Å². The molecule has 0 amide bonds. The van der Waals surface area contributed by atoms with Crippen LogP contribution in [0.5, 0.6) is 0 Å². The summed E-state index contributed by atoms with van der Waals surface area (Å²) >= 11 is 0. The van der Waals surface area contributed by atoms with Gasteiger partial charge < -0.3 is 5.11 Å². The van der Waals surface area contributed by atoms with Crippen LogP contribution in [0.25, 0.3) is 0 Å². The van der Waals surface area contributed by atoms with Gasteiger partial charge in [-0.2, -0.15) is 0 Å². The number of rotatable bonds is 1. The molecule has 1 rings (SSSR count). The van der Waals surface area contributed by atoms with Crippen molar-refractivity contribution in [2.75, 3.05) is 0 Å². The Balaban J connectivity index is 3.01. The third kappa shape index (κ3) is 1.23. The molecule has 1 aromatic rings. The number of aliphatic hydroxyl groups excluding tert-OH is 1. The van der Waals surface area contributed by atoms with Crippen LogP contribution in [0.1, 0.15) is 5.56 Å².